The van der Waals surface area contributed by atoms with E-state index in [0.717, 1.165) is 28.2 Å². The van der Waals surface area contributed by atoms with E-state index in [9.17, 15) is 19.5 Å². The number of carboxylic acid groups (broad SMARTS) is 1. The van der Waals surface area contributed by atoms with E-state index in [-0.39, 0.29) is 22.6 Å². The van der Waals surface area contributed by atoms with Crippen molar-refractivity contribution in [1.82, 2.24) is 0 Å². The van der Waals surface area contributed by atoms with E-state index in [0.29, 0.717) is 24.4 Å². The van der Waals surface area contributed by atoms with Gasteiger partial charge in [-0.05, 0) is 44.2 Å². The maximum absolute atomic E-state index is 13.3. The van der Waals surface area contributed by atoms with E-state index in [1.54, 1.807) is 6.07 Å². The number of aromatic carboxylic acids is 1. The normalized spacial score (nSPS) is 19.6. The molecule has 0 radical (unpaired) electrons. The van der Waals surface area contributed by atoms with Crippen LogP contribution in [0.4, 0.5) is 5.69 Å². The van der Waals surface area contributed by atoms with E-state index >= 15 is 0 Å². The Balaban J connectivity index is 2.02. The van der Waals surface area contributed by atoms with Crippen LogP contribution in [0, 0.1) is 11.8 Å². The summed E-state index contributed by atoms with van der Waals surface area (Å²) in [6.07, 6.45) is 1.77. The molecule has 2 unspecified atom stereocenters. The Morgan fingerprint density at radius 1 is 1.18 bits per heavy atom. The van der Waals surface area contributed by atoms with Gasteiger partial charge in [-0.1, -0.05) is 37.3 Å². The number of hydrogen-bond acceptors (Lipinski definition) is 4. The van der Waals surface area contributed by atoms with Gasteiger partial charge >= 0.3 is 5.97 Å². The van der Waals surface area contributed by atoms with Crippen molar-refractivity contribution < 1.29 is 19.5 Å². The highest BCUT2D eigenvalue weighted by Gasteiger charge is 2.37. The van der Waals surface area contributed by atoms with Crippen molar-refractivity contribution in [3.8, 4) is 10.4 Å². The van der Waals surface area contributed by atoms with Gasteiger partial charge in [0.15, 0.2) is 0 Å². The average Bonchev–Trinajstić information content (AvgIpc) is 3.07. The minimum absolute atomic E-state index is 0.0372. The van der Waals surface area contributed by atoms with Crippen molar-refractivity contribution in [1.29, 1.82) is 0 Å². The molecule has 3 rings (SSSR count). The van der Waals surface area contributed by atoms with Gasteiger partial charge < -0.3 is 10.0 Å². The topological polar surface area (TPSA) is 74.7 Å². The van der Waals surface area contributed by atoms with Gasteiger partial charge in [-0.3, -0.25) is 9.59 Å². The summed E-state index contributed by atoms with van der Waals surface area (Å²) in [5.74, 6) is -1.77. The van der Waals surface area contributed by atoms with Gasteiger partial charge in [0.05, 0.1) is 11.6 Å². The summed E-state index contributed by atoms with van der Waals surface area (Å²) in [6, 6.07) is 11.0. The molecule has 1 aromatic carbocycles. The standard InChI is InChI=1S/C22H25NO4S/c1-13(2)23(21(25)16-10-9-14(3)11-18(16)24)17-12-19(28-20(17)22(26)27)15-7-5-4-6-8-15/h4-8,12-14,16H,9-11H2,1-3H3,(H,26,27). The predicted octanol–water partition coefficient (Wildman–Crippen LogP) is 4.86. The molecule has 5 nitrogen and oxygen atoms in total. The van der Waals surface area contributed by atoms with E-state index in [1.807, 2.05) is 51.1 Å². The molecule has 0 spiro atoms. The minimum atomic E-state index is -1.07. The third kappa shape index (κ3) is 4.02. The summed E-state index contributed by atoms with van der Waals surface area (Å²) in [5, 5.41) is 9.74. The van der Waals surface area contributed by atoms with E-state index < -0.39 is 11.9 Å². The number of Topliss-reactive ketones (excluding diaryl/α,β-unsaturated/α-hetero) is 1. The molecule has 1 amide bonds. The number of benzene rings is 1. The van der Waals surface area contributed by atoms with E-state index in [2.05, 4.69) is 0 Å². The van der Waals surface area contributed by atoms with Crippen LogP contribution >= 0.6 is 11.3 Å². The molecule has 1 aliphatic rings. The average molecular weight is 400 g/mol. The van der Waals surface area contributed by atoms with Crippen LogP contribution in [0.2, 0.25) is 0 Å². The number of thiophene rings is 1. The van der Waals surface area contributed by atoms with Gasteiger partial charge in [0.25, 0.3) is 0 Å². The number of carbonyl (C=O) groups excluding carboxylic acids is 2. The Morgan fingerprint density at radius 3 is 2.43 bits per heavy atom. The van der Waals surface area contributed by atoms with Crippen molar-refractivity contribution >= 4 is 34.7 Å². The molecule has 28 heavy (non-hydrogen) atoms. The molecular weight excluding hydrogens is 374 g/mol. The molecule has 2 atom stereocenters. The summed E-state index contributed by atoms with van der Waals surface area (Å²) in [5.41, 5.74) is 1.28. The first-order valence-corrected chi connectivity index (χ1v) is 10.4. The summed E-state index contributed by atoms with van der Waals surface area (Å²) < 4.78 is 0. The van der Waals surface area contributed by atoms with Crippen LogP contribution in [-0.4, -0.2) is 28.8 Å². The van der Waals surface area contributed by atoms with E-state index in [4.69, 9.17) is 0 Å². The highest BCUT2D eigenvalue weighted by atomic mass is 32.1. The molecule has 2 aromatic rings. The lowest BCUT2D eigenvalue weighted by molar-refractivity contribution is -0.135. The third-order valence-corrected chi connectivity index (χ3v) is 6.32. The second kappa shape index (κ2) is 8.27. The minimum Gasteiger partial charge on any atom is -0.477 e. The molecule has 148 valence electrons. The van der Waals surface area contributed by atoms with Gasteiger partial charge in [-0.25, -0.2) is 4.79 Å². The highest BCUT2D eigenvalue weighted by Crippen LogP contribution is 2.39. The lowest BCUT2D eigenvalue weighted by Gasteiger charge is -2.32. The largest absolute Gasteiger partial charge is 0.477 e. The first kappa shape index (κ1) is 20.3. The Labute approximate surface area is 169 Å². The predicted molar refractivity (Wildman–Crippen MR) is 111 cm³/mol. The third-order valence-electron chi connectivity index (χ3n) is 5.16. The molecule has 1 aromatic heterocycles. The number of carboxylic acids is 1. The Bertz CT molecular complexity index is 887. The van der Waals surface area contributed by atoms with Gasteiger partial charge in [0.1, 0.15) is 10.7 Å². The fraction of sp³-hybridized carbons (Fsp3) is 0.409. The van der Waals surface area contributed by atoms with Crippen molar-refractivity contribution in [3.63, 3.8) is 0 Å². The molecule has 1 saturated carbocycles. The second-order valence-electron chi connectivity index (χ2n) is 7.70. The molecule has 0 bridgehead atoms. The van der Waals surface area contributed by atoms with Crippen LogP contribution in [0.5, 0.6) is 0 Å². The van der Waals surface area contributed by atoms with Crippen molar-refractivity contribution in [2.24, 2.45) is 11.8 Å². The van der Waals surface area contributed by atoms with Crippen LogP contribution in [-0.2, 0) is 9.59 Å². The first-order chi connectivity index (χ1) is 13.3. The van der Waals surface area contributed by atoms with Gasteiger partial charge in [0, 0.05) is 17.3 Å². The number of anilines is 1. The molecule has 1 N–H and O–H groups in total. The van der Waals surface area contributed by atoms with Crippen molar-refractivity contribution in [2.45, 2.75) is 46.1 Å². The van der Waals surface area contributed by atoms with Crippen LogP contribution in [0.15, 0.2) is 36.4 Å². The second-order valence-corrected chi connectivity index (χ2v) is 8.76. The molecule has 6 heteroatoms. The van der Waals surface area contributed by atoms with Gasteiger partial charge in [0.2, 0.25) is 5.91 Å². The monoisotopic (exact) mass is 399 g/mol. The fourth-order valence-electron chi connectivity index (χ4n) is 3.74. The number of amides is 1. The lowest BCUT2D eigenvalue weighted by Crippen LogP contribution is -2.45. The van der Waals surface area contributed by atoms with Crippen molar-refractivity contribution in [3.05, 3.63) is 41.3 Å². The Morgan fingerprint density at radius 2 is 1.86 bits per heavy atom. The van der Waals surface area contributed by atoms with Gasteiger partial charge in [-0.15, -0.1) is 11.3 Å². The molecule has 1 heterocycles. The zero-order valence-electron chi connectivity index (χ0n) is 16.3. The molecule has 0 aliphatic heterocycles. The maximum Gasteiger partial charge on any atom is 0.348 e. The summed E-state index contributed by atoms with van der Waals surface area (Å²) >= 11 is 1.15. The van der Waals surface area contributed by atoms with Crippen molar-refractivity contribution in [2.75, 3.05) is 4.90 Å². The zero-order chi connectivity index (χ0) is 20.4. The first-order valence-electron chi connectivity index (χ1n) is 9.58. The molecule has 1 fully saturated rings. The number of rotatable bonds is 5. The summed E-state index contributed by atoms with van der Waals surface area (Å²) in [4.78, 5) is 40.1. The van der Waals surface area contributed by atoms with Crippen LogP contribution in [0.1, 0.15) is 49.7 Å². The number of carbonyl (C=O) groups is 3. The summed E-state index contributed by atoms with van der Waals surface area (Å²) in [6.45, 7) is 5.71. The number of ketones is 1. The quantitative estimate of drug-likeness (QED) is 0.729. The van der Waals surface area contributed by atoms with Crippen LogP contribution < -0.4 is 4.90 Å². The number of hydrogen-bond donors (Lipinski definition) is 1. The van der Waals surface area contributed by atoms with Gasteiger partial charge in [-0.2, -0.15) is 0 Å². The highest BCUT2D eigenvalue weighted by molar-refractivity contribution is 7.18. The lowest BCUT2D eigenvalue weighted by atomic mass is 9.81. The SMILES string of the molecule is CC1CCC(C(=O)N(c2cc(-c3ccccc3)sc2C(=O)O)C(C)C)C(=O)C1. The van der Waals surface area contributed by atoms with E-state index in [1.165, 1.54) is 4.90 Å². The number of nitrogens with zero attached hydrogens (tertiary/aromatic N) is 1. The van der Waals surface area contributed by atoms with Crippen LogP contribution in [0.25, 0.3) is 10.4 Å². The maximum atomic E-state index is 13.3. The Hall–Kier alpha value is -2.47. The zero-order valence-corrected chi connectivity index (χ0v) is 17.2. The smallest absolute Gasteiger partial charge is 0.348 e. The van der Waals surface area contributed by atoms with Crippen LogP contribution in [0.3, 0.4) is 0 Å². The fourth-order valence-corrected chi connectivity index (χ4v) is 4.73. The molecular formula is C22H25NO4S. The molecule has 0 saturated heterocycles. The Kier molecular flexibility index (Phi) is 5.98. The molecule has 1 aliphatic carbocycles. The summed E-state index contributed by atoms with van der Waals surface area (Å²) in [7, 11) is 0.